The van der Waals surface area contributed by atoms with Gasteiger partial charge >= 0.3 is 5.97 Å². The lowest BCUT2D eigenvalue weighted by Crippen LogP contribution is -2.07. The lowest BCUT2D eigenvalue weighted by Gasteiger charge is -2.05. The molecule has 1 heterocycles. The lowest BCUT2D eigenvalue weighted by atomic mass is 10.2. The number of ether oxygens (including phenoxy) is 2. The summed E-state index contributed by atoms with van der Waals surface area (Å²) in [6, 6.07) is 10.9. The summed E-state index contributed by atoms with van der Waals surface area (Å²) < 4.78 is 29.3. The number of carbonyl (C=O) groups excluding carboxylic acids is 1. The number of nitrogens with zero attached hydrogens (tertiary/aromatic N) is 1. The van der Waals surface area contributed by atoms with Crippen molar-refractivity contribution in [2.45, 2.75) is 6.61 Å². The van der Waals surface area contributed by atoms with E-state index in [0.717, 1.165) is 11.6 Å². The molecule has 0 saturated carbocycles. The van der Waals surface area contributed by atoms with Gasteiger partial charge in [-0.2, -0.15) is 0 Å². The number of esters is 1. The van der Waals surface area contributed by atoms with Crippen LogP contribution in [0.25, 0.3) is 11.3 Å². The van der Waals surface area contributed by atoms with Crippen molar-refractivity contribution in [3.8, 4) is 17.1 Å². The van der Waals surface area contributed by atoms with Crippen LogP contribution in [0.4, 0.5) is 4.39 Å². The van der Waals surface area contributed by atoms with E-state index in [1.165, 1.54) is 25.4 Å². The highest BCUT2D eigenvalue weighted by atomic mass is 35.5. The molecule has 1 aromatic heterocycles. The van der Waals surface area contributed by atoms with Crippen molar-refractivity contribution < 1.29 is 23.1 Å². The van der Waals surface area contributed by atoms with Crippen LogP contribution in [0.5, 0.6) is 5.75 Å². The average molecular weight is 362 g/mol. The Bertz CT molecular complexity index is 892. The predicted octanol–water partition coefficient (Wildman–Crippen LogP) is 4.50. The van der Waals surface area contributed by atoms with E-state index in [4.69, 9.17) is 25.5 Å². The van der Waals surface area contributed by atoms with E-state index in [2.05, 4.69) is 4.98 Å². The van der Waals surface area contributed by atoms with E-state index in [9.17, 15) is 9.18 Å². The molecule has 0 fully saturated rings. The zero-order chi connectivity index (χ0) is 17.8. The molecule has 3 rings (SSSR count). The summed E-state index contributed by atoms with van der Waals surface area (Å²) in [7, 11) is 1.41. The molecule has 3 aromatic rings. The summed E-state index contributed by atoms with van der Waals surface area (Å²) in [5, 5.41) is 0.610. The third kappa shape index (κ3) is 3.97. The molecule has 7 heteroatoms. The fraction of sp³-hybridized carbons (Fsp3) is 0.111. The van der Waals surface area contributed by atoms with Gasteiger partial charge in [0.25, 0.3) is 0 Å². The number of methoxy groups -OCH3 is 1. The van der Waals surface area contributed by atoms with Crippen molar-refractivity contribution in [1.82, 2.24) is 4.98 Å². The summed E-state index contributed by atoms with van der Waals surface area (Å²) in [5.41, 5.74) is 0.598. The maximum atomic E-state index is 13.8. The summed E-state index contributed by atoms with van der Waals surface area (Å²) in [5.74, 6) is -0.509. The number of rotatable bonds is 5. The first-order chi connectivity index (χ1) is 12.1. The Hall–Kier alpha value is -2.86. The highest BCUT2D eigenvalue weighted by Gasteiger charge is 2.16. The van der Waals surface area contributed by atoms with Gasteiger partial charge in [-0.25, -0.2) is 14.2 Å². The van der Waals surface area contributed by atoms with Crippen molar-refractivity contribution in [3.05, 3.63) is 71.0 Å². The highest BCUT2D eigenvalue weighted by Crippen LogP contribution is 2.23. The Labute approximate surface area is 148 Å². The first kappa shape index (κ1) is 17.0. The van der Waals surface area contributed by atoms with E-state index in [1.54, 1.807) is 24.3 Å². The molecule has 25 heavy (non-hydrogen) atoms. The third-order valence-corrected chi connectivity index (χ3v) is 3.66. The molecule has 0 aliphatic heterocycles. The zero-order valence-electron chi connectivity index (χ0n) is 13.2. The molecule has 5 nitrogen and oxygen atoms in total. The van der Waals surface area contributed by atoms with Crippen LogP contribution >= 0.6 is 11.6 Å². The Kier molecular flexibility index (Phi) is 5.00. The quantitative estimate of drug-likeness (QED) is 0.626. The van der Waals surface area contributed by atoms with Crippen molar-refractivity contribution in [2.75, 3.05) is 7.11 Å². The molecular formula is C18H13ClFNO4. The van der Waals surface area contributed by atoms with E-state index in [0.29, 0.717) is 16.5 Å². The number of aromatic nitrogens is 1. The van der Waals surface area contributed by atoms with Gasteiger partial charge in [-0.05, 0) is 36.4 Å². The fourth-order valence-electron chi connectivity index (χ4n) is 2.12. The molecule has 0 aliphatic carbocycles. The van der Waals surface area contributed by atoms with Gasteiger partial charge in [-0.1, -0.05) is 11.6 Å². The molecular weight excluding hydrogens is 349 g/mol. The second-order valence-electron chi connectivity index (χ2n) is 5.05. The number of hydrogen-bond acceptors (Lipinski definition) is 5. The molecule has 0 bridgehead atoms. The van der Waals surface area contributed by atoms with Crippen LogP contribution in [0.3, 0.4) is 0 Å². The molecule has 128 valence electrons. The monoisotopic (exact) mass is 361 g/mol. The van der Waals surface area contributed by atoms with Gasteiger partial charge in [0.05, 0.1) is 18.9 Å². The molecule has 0 unspecified atom stereocenters. The first-order valence-corrected chi connectivity index (χ1v) is 7.66. The smallest absolute Gasteiger partial charge is 0.341 e. The molecule has 0 aliphatic rings. The minimum Gasteiger partial charge on any atom is -0.497 e. The first-order valence-electron chi connectivity index (χ1n) is 7.28. The number of hydrogen-bond donors (Lipinski definition) is 0. The van der Waals surface area contributed by atoms with E-state index < -0.39 is 11.8 Å². The van der Waals surface area contributed by atoms with Crippen LogP contribution in [0, 0.1) is 5.82 Å². The Morgan fingerprint density at radius 3 is 2.68 bits per heavy atom. The largest absolute Gasteiger partial charge is 0.497 e. The van der Waals surface area contributed by atoms with Crippen LogP contribution in [-0.2, 0) is 11.3 Å². The standard InChI is InChI=1S/C18H13ClFNO4/c1-23-13-6-7-14(15(20)8-13)18(22)24-10-17-21-9-16(25-17)11-2-4-12(19)5-3-11/h2-9H,10H2,1H3. The molecule has 0 N–H and O–H groups in total. The van der Waals surface area contributed by atoms with Gasteiger partial charge in [0.2, 0.25) is 5.89 Å². The van der Waals surface area contributed by atoms with Crippen molar-refractivity contribution in [1.29, 1.82) is 0 Å². The molecule has 0 atom stereocenters. The lowest BCUT2D eigenvalue weighted by molar-refractivity contribution is 0.0433. The molecule has 0 amide bonds. The topological polar surface area (TPSA) is 61.6 Å². The predicted molar refractivity (Wildman–Crippen MR) is 89.0 cm³/mol. The zero-order valence-corrected chi connectivity index (χ0v) is 13.9. The molecule has 0 spiro atoms. The second-order valence-corrected chi connectivity index (χ2v) is 5.48. The van der Waals surface area contributed by atoms with Gasteiger partial charge in [0, 0.05) is 16.7 Å². The van der Waals surface area contributed by atoms with Crippen LogP contribution in [0.1, 0.15) is 16.2 Å². The number of benzene rings is 2. The number of oxazole rings is 1. The minimum atomic E-state index is -0.814. The normalized spacial score (nSPS) is 10.5. The maximum Gasteiger partial charge on any atom is 0.341 e. The average Bonchev–Trinajstić information content (AvgIpc) is 3.09. The van der Waals surface area contributed by atoms with E-state index in [-0.39, 0.29) is 18.1 Å². The summed E-state index contributed by atoms with van der Waals surface area (Å²) >= 11 is 5.84. The SMILES string of the molecule is COc1ccc(C(=O)OCc2ncc(-c3ccc(Cl)cc3)o2)c(F)c1. The van der Waals surface area contributed by atoms with Gasteiger partial charge < -0.3 is 13.9 Å². The number of halogens is 2. The highest BCUT2D eigenvalue weighted by molar-refractivity contribution is 6.30. The van der Waals surface area contributed by atoms with Crippen LogP contribution in [0.15, 0.2) is 53.1 Å². The van der Waals surface area contributed by atoms with Crippen LogP contribution in [-0.4, -0.2) is 18.1 Å². The van der Waals surface area contributed by atoms with Crippen LogP contribution in [0.2, 0.25) is 5.02 Å². The van der Waals surface area contributed by atoms with E-state index >= 15 is 0 Å². The van der Waals surface area contributed by atoms with Gasteiger partial charge in [0.1, 0.15) is 11.6 Å². The van der Waals surface area contributed by atoms with Crippen molar-refractivity contribution >= 4 is 17.6 Å². The Morgan fingerprint density at radius 2 is 2.00 bits per heavy atom. The molecule has 2 aromatic carbocycles. The Morgan fingerprint density at radius 1 is 1.24 bits per heavy atom. The number of carbonyl (C=O) groups is 1. The minimum absolute atomic E-state index is 0.190. The summed E-state index contributed by atoms with van der Waals surface area (Å²) in [6.07, 6.45) is 1.51. The van der Waals surface area contributed by atoms with E-state index in [1.807, 2.05) is 0 Å². The van der Waals surface area contributed by atoms with Gasteiger partial charge in [-0.3, -0.25) is 0 Å². The van der Waals surface area contributed by atoms with Crippen molar-refractivity contribution in [3.63, 3.8) is 0 Å². The Balaban J connectivity index is 1.66. The fourth-order valence-corrected chi connectivity index (χ4v) is 2.24. The second kappa shape index (κ2) is 7.36. The molecule has 0 radical (unpaired) electrons. The van der Waals surface area contributed by atoms with Crippen LogP contribution < -0.4 is 4.74 Å². The maximum absolute atomic E-state index is 13.8. The van der Waals surface area contributed by atoms with Gasteiger partial charge in [0.15, 0.2) is 12.4 Å². The van der Waals surface area contributed by atoms with Gasteiger partial charge in [-0.15, -0.1) is 0 Å². The van der Waals surface area contributed by atoms with Crippen molar-refractivity contribution in [2.24, 2.45) is 0 Å². The molecule has 0 saturated heterocycles. The summed E-state index contributed by atoms with van der Waals surface area (Å²) in [4.78, 5) is 16.0. The summed E-state index contributed by atoms with van der Waals surface area (Å²) in [6.45, 7) is -0.210. The third-order valence-electron chi connectivity index (χ3n) is 3.41.